The number of nitrogens with one attached hydrogen (secondary N) is 1. The highest BCUT2D eigenvalue weighted by Gasteiger charge is 2.31. The number of thioether (sulfide) groups is 1. The first kappa shape index (κ1) is 21.9. The van der Waals surface area contributed by atoms with Gasteiger partial charge in [-0.2, -0.15) is 13.2 Å². The van der Waals surface area contributed by atoms with Gasteiger partial charge in [-0.05, 0) is 18.6 Å². The molecule has 0 radical (unpaired) electrons. The summed E-state index contributed by atoms with van der Waals surface area (Å²) in [5, 5.41) is 13.2. The Morgan fingerprint density at radius 3 is 2.64 bits per heavy atom. The molecule has 0 aliphatic carbocycles. The Morgan fingerprint density at radius 2 is 2.04 bits per heavy atom. The van der Waals surface area contributed by atoms with E-state index in [2.05, 4.69) is 10.3 Å². The second-order valence-electron chi connectivity index (χ2n) is 5.39. The summed E-state index contributed by atoms with van der Waals surface area (Å²) >= 11 is 6.89. The van der Waals surface area contributed by atoms with Crippen LogP contribution in [0.15, 0.2) is 35.5 Å². The molecule has 1 N–H and O–H groups in total. The molecule has 12 heteroatoms. The Morgan fingerprint density at radius 1 is 1.32 bits per heavy atom. The van der Waals surface area contributed by atoms with E-state index < -0.39 is 39.6 Å². The molecule has 0 bridgehead atoms. The van der Waals surface area contributed by atoms with E-state index in [1.165, 1.54) is 0 Å². The zero-order valence-corrected chi connectivity index (χ0v) is 15.5. The number of benzene rings is 1. The van der Waals surface area contributed by atoms with Gasteiger partial charge in [0, 0.05) is 30.6 Å². The molecule has 0 unspecified atom stereocenters. The predicted molar refractivity (Wildman–Crippen MR) is 95.0 cm³/mol. The maximum absolute atomic E-state index is 13.7. The molecule has 150 valence electrons. The third-order valence-electron chi connectivity index (χ3n) is 3.39. The number of amides is 1. The second kappa shape index (κ2) is 9.20. The summed E-state index contributed by atoms with van der Waals surface area (Å²) in [5.74, 6) is -1.33. The molecule has 1 aromatic carbocycles. The van der Waals surface area contributed by atoms with Crippen molar-refractivity contribution in [3.05, 3.63) is 62.5 Å². The molecule has 2 rings (SSSR count). The summed E-state index contributed by atoms with van der Waals surface area (Å²) in [6.07, 6.45) is -3.47. The number of nitrogens with zero attached hydrogens (tertiary/aromatic N) is 2. The summed E-state index contributed by atoms with van der Waals surface area (Å²) in [6, 6.07) is 3.40. The van der Waals surface area contributed by atoms with Crippen LogP contribution in [0.1, 0.15) is 22.3 Å². The Kier molecular flexibility index (Phi) is 7.19. The number of pyridine rings is 1. The van der Waals surface area contributed by atoms with Crippen molar-refractivity contribution >= 4 is 35.0 Å². The van der Waals surface area contributed by atoms with Crippen molar-refractivity contribution < 1.29 is 27.3 Å². The number of nitro benzene ring substituents is 1. The molecule has 0 saturated heterocycles. The van der Waals surface area contributed by atoms with Gasteiger partial charge in [0.25, 0.3) is 11.6 Å². The average molecular weight is 438 g/mol. The standard InChI is InChI=1S/C16H12ClF4N3O3S/c17-12-6-9(16(19,20)21)8-23-15(12)28-5-1-4-22-14(25)11-7-10(24(26)27)2-3-13(11)18/h2-3,6-8H,1,4-5H2,(H,22,25). The van der Waals surface area contributed by atoms with E-state index in [0.717, 1.165) is 36.0 Å². The van der Waals surface area contributed by atoms with E-state index in [4.69, 9.17) is 11.6 Å². The molecule has 6 nitrogen and oxygen atoms in total. The minimum atomic E-state index is -4.54. The van der Waals surface area contributed by atoms with Gasteiger partial charge in [0.1, 0.15) is 10.8 Å². The van der Waals surface area contributed by atoms with Crippen LogP contribution in [0.25, 0.3) is 0 Å². The Hall–Kier alpha value is -2.40. The zero-order chi connectivity index (χ0) is 20.9. The van der Waals surface area contributed by atoms with Crippen LogP contribution in [0, 0.1) is 15.9 Å². The van der Waals surface area contributed by atoms with E-state index >= 15 is 0 Å². The second-order valence-corrected chi connectivity index (χ2v) is 6.88. The largest absolute Gasteiger partial charge is 0.417 e. The lowest BCUT2D eigenvalue weighted by atomic mass is 10.1. The lowest BCUT2D eigenvalue weighted by molar-refractivity contribution is -0.384. The van der Waals surface area contributed by atoms with Gasteiger partial charge in [-0.15, -0.1) is 11.8 Å². The van der Waals surface area contributed by atoms with Gasteiger partial charge in [0.05, 0.1) is 21.1 Å². The fourth-order valence-corrected chi connectivity index (χ4v) is 3.16. The van der Waals surface area contributed by atoms with Crippen molar-refractivity contribution in [2.45, 2.75) is 17.6 Å². The zero-order valence-electron chi connectivity index (χ0n) is 13.9. The molecule has 1 heterocycles. The van der Waals surface area contributed by atoms with E-state index in [0.29, 0.717) is 18.4 Å². The smallest absolute Gasteiger partial charge is 0.352 e. The molecular formula is C16H12ClF4N3O3S. The van der Waals surface area contributed by atoms with Gasteiger partial charge in [-0.1, -0.05) is 11.6 Å². The maximum Gasteiger partial charge on any atom is 0.417 e. The lowest BCUT2D eigenvalue weighted by Crippen LogP contribution is -2.25. The minimum Gasteiger partial charge on any atom is -0.352 e. The Balaban J connectivity index is 1.84. The first-order valence-electron chi connectivity index (χ1n) is 7.67. The van der Waals surface area contributed by atoms with E-state index in [1.54, 1.807) is 0 Å². The molecule has 1 aromatic heterocycles. The monoisotopic (exact) mass is 437 g/mol. The highest BCUT2D eigenvalue weighted by Crippen LogP contribution is 2.33. The number of nitro groups is 1. The van der Waals surface area contributed by atoms with E-state index in [-0.39, 0.29) is 16.6 Å². The SMILES string of the molecule is O=C(NCCCSc1ncc(C(F)(F)F)cc1Cl)c1cc([N+](=O)[O-])ccc1F. The van der Waals surface area contributed by atoms with Crippen LogP contribution < -0.4 is 5.32 Å². The van der Waals surface area contributed by atoms with Crippen molar-refractivity contribution in [3.63, 3.8) is 0 Å². The van der Waals surface area contributed by atoms with Crippen LogP contribution in [-0.2, 0) is 6.18 Å². The highest BCUT2D eigenvalue weighted by atomic mass is 35.5. The summed E-state index contributed by atoms with van der Waals surface area (Å²) < 4.78 is 51.3. The summed E-state index contributed by atoms with van der Waals surface area (Å²) in [6.45, 7) is 0.117. The van der Waals surface area contributed by atoms with Crippen LogP contribution in [0.4, 0.5) is 23.2 Å². The number of halogens is 5. The van der Waals surface area contributed by atoms with Crippen LogP contribution >= 0.6 is 23.4 Å². The quantitative estimate of drug-likeness (QED) is 0.223. The molecular weight excluding hydrogens is 426 g/mol. The van der Waals surface area contributed by atoms with Crippen LogP contribution in [0.3, 0.4) is 0 Å². The fraction of sp³-hybridized carbons (Fsp3) is 0.250. The first-order valence-corrected chi connectivity index (χ1v) is 9.03. The number of carbonyl (C=O) groups is 1. The van der Waals surface area contributed by atoms with E-state index in [9.17, 15) is 32.5 Å². The Bertz CT molecular complexity index is 896. The van der Waals surface area contributed by atoms with Crippen LogP contribution in [0.5, 0.6) is 0 Å². The summed E-state index contributed by atoms with van der Waals surface area (Å²) in [5.41, 5.74) is -1.81. The number of alkyl halides is 3. The minimum absolute atomic E-state index is 0.117. The van der Waals surface area contributed by atoms with Crippen molar-refractivity contribution in [3.8, 4) is 0 Å². The number of hydrogen-bond donors (Lipinski definition) is 1. The van der Waals surface area contributed by atoms with Gasteiger partial charge >= 0.3 is 6.18 Å². The van der Waals surface area contributed by atoms with E-state index in [1.807, 2.05) is 0 Å². The Labute approximate surface area is 165 Å². The maximum atomic E-state index is 13.7. The van der Waals surface area contributed by atoms with Crippen LogP contribution in [0.2, 0.25) is 5.02 Å². The van der Waals surface area contributed by atoms with Gasteiger partial charge in [0.15, 0.2) is 0 Å². The van der Waals surface area contributed by atoms with Crippen molar-refractivity contribution in [1.82, 2.24) is 10.3 Å². The fourth-order valence-electron chi connectivity index (χ4n) is 2.03. The molecule has 2 aromatic rings. The molecule has 0 spiro atoms. The van der Waals surface area contributed by atoms with Gasteiger partial charge < -0.3 is 5.32 Å². The number of aromatic nitrogens is 1. The normalized spacial score (nSPS) is 11.3. The van der Waals surface area contributed by atoms with Gasteiger partial charge in [-0.3, -0.25) is 14.9 Å². The molecule has 1 amide bonds. The first-order chi connectivity index (χ1) is 13.1. The van der Waals surface area contributed by atoms with Crippen LogP contribution in [-0.4, -0.2) is 28.1 Å². The molecule has 0 aliphatic heterocycles. The summed E-state index contributed by atoms with van der Waals surface area (Å²) in [7, 11) is 0. The number of carbonyl (C=O) groups excluding carboxylic acids is 1. The third-order valence-corrected chi connectivity index (χ3v) is 4.88. The number of rotatable bonds is 7. The molecule has 0 aliphatic rings. The van der Waals surface area contributed by atoms with Crippen molar-refractivity contribution in [2.24, 2.45) is 0 Å². The molecule has 0 atom stereocenters. The van der Waals surface area contributed by atoms with Gasteiger partial charge in [0.2, 0.25) is 0 Å². The lowest BCUT2D eigenvalue weighted by Gasteiger charge is -2.09. The highest BCUT2D eigenvalue weighted by molar-refractivity contribution is 7.99. The predicted octanol–water partition coefficient (Wildman–Crippen LogP) is 4.71. The summed E-state index contributed by atoms with van der Waals surface area (Å²) in [4.78, 5) is 25.6. The number of hydrogen-bond acceptors (Lipinski definition) is 5. The number of non-ortho nitro benzene ring substituents is 1. The van der Waals surface area contributed by atoms with Crippen molar-refractivity contribution in [2.75, 3.05) is 12.3 Å². The van der Waals surface area contributed by atoms with Gasteiger partial charge in [-0.25, -0.2) is 9.37 Å². The molecule has 28 heavy (non-hydrogen) atoms. The molecule has 0 fully saturated rings. The molecule has 0 saturated carbocycles. The topological polar surface area (TPSA) is 85.1 Å². The average Bonchev–Trinajstić information content (AvgIpc) is 2.61. The van der Waals surface area contributed by atoms with Crippen molar-refractivity contribution in [1.29, 1.82) is 0 Å². The third kappa shape index (κ3) is 5.80.